The van der Waals surface area contributed by atoms with E-state index in [4.69, 9.17) is 10.5 Å². The van der Waals surface area contributed by atoms with Gasteiger partial charge in [-0.15, -0.1) is 0 Å². The first-order valence-corrected chi connectivity index (χ1v) is 8.30. The van der Waals surface area contributed by atoms with Crippen LogP contribution in [0.1, 0.15) is 24.7 Å². The van der Waals surface area contributed by atoms with Crippen molar-refractivity contribution in [3.8, 4) is 5.75 Å². The van der Waals surface area contributed by atoms with Crippen molar-refractivity contribution in [2.75, 3.05) is 24.7 Å². The SMILES string of the molecule is CCS(=O)(=O)CCCOc1ccc(C)nc1CCN. The summed E-state index contributed by atoms with van der Waals surface area (Å²) in [5.74, 6) is 1.04. The summed E-state index contributed by atoms with van der Waals surface area (Å²) < 4.78 is 28.3. The molecule has 2 N–H and O–H groups in total. The molecule has 5 nitrogen and oxygen atoms in total. The monoisotopic (exact) mass is 286 g/mol. The van der Waals surface area contributed by atoms with Gasteiger partial charge in [0.1, 0.15) is 15.6 Å². The van der Waals surface area contributed by atoms with Crippen LogP contribution in [0.5, 0.6) is 5.75 Å². The Kier molecular flexibility index (Phi) is 6.24. The standard InChI is InChI=1S/C13H22N2O3S/c1-3-19(16,17)10-4-9-18-13-6-5-11(2)15-12(13)7-8-14/h5-6H,3-4,7-10,14H2,1-2H3. The van der Waals surface area contributed by atoms with Gasteiger partial charge in [-0.3, -0.25) is 4.98 Å². The van der Waals surface area contributed by atoms with Gasteiger partial charge in [0.15, 0.2) is 0 Å². The molecule has 1 rings (SSSR count). The molecule has 0 saturated carbocycles. The van der Waals surface area contributed by atoms with Crippen LogP contribution in [0.3, 0.4) is 0 Å². The maximum atomic E-state index is 11.3. The quantitative estimate of drug-likeness (QED) is 0.723. The Balaban J connectivity index is 2.53. The number of hydrogen-bond donors (Lipinski definition) is 1. The van der Waals surface area contributed by atoms with Crippen molar-refractivity contribution in [1.29, 1.82) is 0 Å². The van der Waals surface area contributed by atoms with E-state index < -0.39 is 9.84 Å². The molecule has 0 aliphatic carbocycles. The average molecular weight is 286 g/mol. The van der Waals surface area contributed by atoms with Gasteiger partial charge in [0.2, 0.25) is 0 Å². The van der Waals surface area contributed by atoms with Gasteiger partial charge in [0.05, 0.1) is 18.1 Å². The zero-order chi connectivity index (χ0) is 14.3. The number of nitrogens with zero attached hydrogens (tertiary/aromatic N) is 1. The predicted octanol–water partition coefficient (Wildman–Crippen LogP) is 1.09. The molecule has 0 saturated heterocycles. The Hall–Kier alpha value is -1.14. The molecule has 0 bridgehead atoms. The van der Waals surface area contributed by atoms with Crippen molar-refractivity contribution in [2.45, 2.75) is 26.7 Å². The molecule has 1 aromatic rings. The molecule has 6 heteroatoms. The minimum Gasteiger partial charge on any atom is -0.492 e. The number of aromatic nitrogens is 1. The molecule has 0 amide bonds. The molecule has 0 aromatic carbocycles. The van der Waals surface area contributed by atoms with E-state index in [0.29, 0.717) is 31.7 Å². The van der Waals surface area contributed by atoms with Gasteiger partial charge in [-0.05, 0) is 32.0 Å². The third-order valence-corrected chi connectivity index (χ3v) is 4.54. The highest BCUT2D eigenvalue weighted by Crippen LogP contribution is 2.17. The number of aryl methyl sites for hydroxylation is 1. The number of pyridine rings is 1. The van der Waals surface area contributed by atoms with Crippen LogP contribution in [0, 0.1) is 6.92 Å². The molecule has 1 heterocycles. The van der Waals surface area contributed by atoms with Gasteiger partial charge < -0.3 is 10.5 Å². The van der Waals surface area contributed by atoms with Crippen LogP contribution >= 0.6 is 0 Å². The zero-order valence-electron chi connectivity index (χ0n) is 11.6. The second-order valence-corrected chi connectivity index (χ2v) is 6.85. The van der Waals surface area contributed by atoms with Gasteiger partial charge in [-0.25, -0.2) is 8.42 Å². The van der Waals surface area contributed by atoms with Crippen LogP contribution < -0.4 is 10.5 Å². The minimum atomic E-state index is -2.92. The first-order chi connectivity index (χ1) is 8.98. The van der Waals surface area contributed by atoms with Gasteiger partial charge in [0.25, 0.3) is 0 Å². The van der Waals surface area contributed by atoms with Crippen LogP contribution in [0.25, 0.3) is 0 Å². The molecule has 0 fully saturated rings. The molecule has 0 aliphatic heterocycles. The summed E-state index contributed by atoms with van der Waals surface area (Å²) in [7, 11) is -2.92. The molecule has 108 valence electrons. The second-order valence-electron chi connectivity index (χ2n) is 4.37. The van der Waals surface area contributed by atoms with Crippen molar-refractivity contribution in [3.05, 3.63) is 23.5 Å². The summed E-state index contributed by atoms with van der Waals surface area (Å²) in [6.07, 6.45) is 1.15. The van der Waals surface area contributed by atoms with Crippen LogP contribution in [-0.4, -0.2) is 38.1 Å². The lowest BCUT2D eigenvalue weighted by molar-refractivity contribution is 0.312. The van der Waals surface area contributed by atoms with Gasteiger partial charge in [0, 0.05) is 17.9 Å². The Labute approximate surface area is 115 Å². The fraction of sp³-hybridized carbons (Fsp3) is 0.615. The van der Waals surface area contributed by atoms with Crippen LogP contribution in [0.15, 0.2) is 12.1 Å². The molecular formula is C13H22N2O3S. The first-order valence-electron chi connectivity index (χ1n) is 6.48. The second kappa shape index (κ2) is 7.45. The van der Waals surface area contributed by atoms with Crippen molar-refractivity contribution in [2.24, 2.45) is 5.73 Å². The fourth-order valence-electron chi connectivity index (χ4n) is 1.65. The Morgan fingerprint density at radius 1 is 1.37 bits per heavy atom. The molecule has 0 aliphatic rings. The number of sulfone groups is 1. The van der Waals surface area contributed by atoms with E-state index in [0.717, 1.165) is 11.4 Å². The number of rotatable bonds is 8. The molecule has 0 radical (unpaired) electrons. The van der Waals surface area contributed by atoms with Crippen molar-refractivity contribution in [1.82, 2.24) is 4.98 Å². The van der Waals surface area contributed by atoms with Gasteiger partial charge >= 0.3 is 0 Å². The Bertz CT molecular complexity index is 501. The number of ether oxygens (including phenoxy) is 1. The lowest BCUT2D eigenvalue weighted by Crippen LogP contribution is -2.13. The van der Waals surface area contributed by atoms with Gasteiger partial charge in [-0.1, -0.05) is 6.92 Å². The summed E-state index contributed by atoms with van der Waals surface area (Å²) in [5, 5.41) is 0. The number of hydrogen-bond acceptors (Lipinski definition) is 5. The third-order valence-electron chi connectivity index (χ3n) is 2.75. The summed E-state index contributed by atoms with van der Waals surface area (Å²) in [6.45, 7) is 4.45. The summed E-state index contributed by atoms with van der Waals surface area (Å²) in [6, 6.07) is 3.74. The summed E-state index contributed by atoms with van der Waals surface area (Å²) in [5.41, 5.74) is 7.29. The van der Waals surface area contributed by atoms with Gasteiger partial charge in [-0.2, -0.15) is 0 Å². The predicted molar refractivity (Wildman–Crippen MR) is 76.2 cm³/mol. The lowest BCUT2D eigenvalue weighted by atomic mass is 10.2. The topological polar surface area (TPSA) is 82.3 Å². The van der Waals surface area contributed by atoms with E-state index in [9.17, 15) is 8.42 Å². The smallest absolute Gasteiger partial charge is 0.150 e. The Morgan fingerprint density at radius 2 is 2.11 bits per heavy atom. The highest BCUT2D eigenvalue weighted by Gasteiger charge is 2.08. The van der Waals surface area contributed by atoms with Crippen molar-refractivity contribution < 1.29 is 13.2 Å². The van der Waals surface area contributed by atoms with Crippen LogP contribution in [-0.2, 0) is 16.3 Å². The van der Waals surface area contributed by atoms with E-state index in [1.54, 1.807) is 6.92 Å². The maximum Gasteiger partial charge on any atom is 0.150 e. The molecule has 0 unspecified atom stereocenters. The summed E-state index contributed by atoms with van der Waals surface area (Å²) >= 11 is 0. The van der Waals surface area contributed by atoms with Crippen molar-refractivity contribution in [3.63, 3.8) is 0 Å². The third kappa shape index (κ3) is 5.57. The average Bonchev–Trinajstić information content (AvgIpc) is 2.37. The van der Waals surface area contributed by atoms with E-state index in [-0.39, 0.29) is 11.5 Å². The normalized spacial score (nSPS) is 11.5. The summed E-state index contributed by atoms with van der Waals surface area (Å²) in [4.78, 5) is 4.38. The van der Waals surface area contributed by atoms with Crippen LogP contribution in [0.2, 0.25) is 0 Å². The van der Waals surface area contributed by atoms with E-state index in [2.05, 4.69) is 4.98 Å². The highest BCUT2D eigenvalue weighted by atomic mass is 32.2. The first kappa shape index (κ1) is 15.9. The molecule has 1 aromatic heterocycles. The minimum absolute atomic E-state index is 0.162. The largest absolute Gasteiger partial charge is 0.492 e. The Morgan fingerprint density at radius 3 is 2.74 bits per heavy atom. The zero-order valence-corrected chi connectivity index (χ0v) is 12.4. The highest BCUT2D eigenvalue weighted by molar-refractivity contribution is 7.91. The molecule has 0 spiro atoms. The van der Waals surface area contributed by atoms with Crippen LogP contribution in [0.4, 0.5) is 0 Å². The van der Waals surface area contributed by atoms with E-state index in [1.807, 2.05) is 19.1 Å². The lowest BCUT2D eigenvalue weighted by Gasteiger charge is -2.11. The number of nitrogens with two attached hydrogens (primary N) is 1. The molecule has 0 atom stereocenters. The maximum absolute atomic E-state index is 11.3. The van der Waals surface area contributed by atoms with E-state index in [1.165, 1.54) is 0 Å². The molecular weight excluding hydrogens is 264 g/mol. The van der Waals surface area contributed by atoms with Crippen molar-refractivity contribution >= 4 is 9.84 Å². The van der Waals surface area contributed by atoms with E-state index >= 15 is 0 Å². The fourth-order valence-corrected chi connectivity index (χ4v) is 2.50. The molecule has 19 heavy (non-hydrogen) atoms.